The van der Waals surface area contributed by atoms with E-state index in [-0.39, 0.29) is 0 Å². The highest BCUT2D eigenvalue weighted by Gasteiger charge is 2.46. The van der Waals surface area contributed by atoms with E-state index in [2.05, 4.69) is 10.6 Å². The van der Waals surface area contributed by atoms with E-state index in [4.69, 9.17) is 0 Å². The third-order valence-corrected chi connectivity index (χ3v) is 4.28. The number of nitrogens with one attached hydrogen (secondary N) is 2. The van der Waals surface area contributed by atoms with Crippen LogP contribution in [0, 0.1) is 0 Å². The predicted octanol–water partition coefficient (Wildman–Crippen LogP) is 0.180. The van der Waals surface area contributed by atoms with Gasteiger partial charge in [-0.1, -0.05) is 0 Å². The first-order valence-corrected chi connectivity index (χ1v) is 6.48. The average Bonchev–Trinajstić information content (AvgIpc) is 2.97. The second kappa shape index (κ2) is 4.85. The van der Waals surface area contributed by atoms with Crippen molar-refractivity contribution in [1.29, 1.82) is 0 Å². The summed E-state index contributed by atoms with van der Waals surface area (Å²) in [5, 5.41) is 24.7. The molecule has 0 aromatic carbocycles. The molecule has 0 amide bonds. The quantitative estimate of drug-likeness (QED) is 0.560. The monoisotopic (exact) mass is 256 g/mol. The van der Waals surface area contributed by atoms with Crippen LogP contribution in [0.25, 0.3) is 0 Å². The Kier molecular flexibility index (Phi) is 3.59. The lowest BCUT2D eigenvalue weighted by Crippen LogP contribution is -2.53. The molecule has 0 aromatic heterocycles. The van der Waals surface area contributed by atoms with Crippen molar-refractivity contribution in [2.24, 2.45) is 0 Å². The summed E-state index contributed by atoms with van der Waals surface area (Å²) in [6.45, 7) is 1.39. The molecular weight excluding hydrogens is 236 g/mol. The largest absolute Gasteiger partial charge is 0.480 e. The minimum Gasteiger partial charge on any atom is -0.480 e. The second-order valence-electron chi connectivity index (χ2n) is 5.34. The zero-order valence-electron chi connectivity index (χ0n) is 10.4. The van der Waals surface area contributed by atoms with Gasteiger partial charge in [-0.3, -0.25) is 9.59 Å². The molecule has 0 radical (unpaired) electrons. The van der Waals surface area contributed by atoms with E-state index in [9.17, 15) is 19.8 Å². The Balaban J connectivity index is 2.05. The highest BCUT2D eigenvalue weighted by molar-refractivity contribution is 5.81. The van der Waals surface area contributed by atoms with Crippen molar-refractivity contribution >= 4 is 11.9 Å². The molecule has 0 unspecified atom stereocenters. The van der Waals surface area contributed by atoms with Gasteiger partial charge in [0, 0.05) is 0 Å². The van der Waals surface area contributed by atoms with Crippen LogP contribution in [0.1, 0.15) is 38.5 Å². The molecule has 0 spiro atoms. The van der Waals surface area contributed by atoms with Crippen molar-refractivity contribution in [3.05, 3.63) is 0 Å². The molecule has 2 aliphatic rings. The molecule has 0 saturated carbocycles. The van der Waals surface area contributed by atoms with Gasteiger partial charge >= 0.3 is 11.9 Å². The Labute approximate surface area is 106 Å². The standard InChI is InChI=1S/C12H20N2O4/c15-9(16)11(3-1-7-13-11)5-6-12(10(17)18)4-2-8-14-12/h13-14H,1-8H2,(H,15,16)(H,17,18)/t11-,12-/m1/s1. The van der Waals surface area contributed by atoms with Crippen molar-refractivity contribution in [2.75, 3.05) is 13.1 Å². The van der Waals surface area contributed by atoms with Crippen molar-refractivity contribution in [2.45, 2.75) is 49.6 Å². The summed E-state index contributed by atoms with van der Waals surface area (Å²) in [4.78, 5) is 22.7. The topological polar surface area (TPSA) is 98.7 Å². The number of rotatable bonds is 5. The summed E-state index contributed by atoms with van der Waals surface area (Å²) in [6, 6.07) is 0. The van der Waals surface area contributed by atoms with E-state index >= 15 is 0 Å². The SMILES string of the molecule is O=C(O)[C@]1(CC[C@@]2(C(=O)O)CCCN2)CCCN1. The molecule has 2 aliphatic heterocycles. The van der Waals surface area contributed by atoms with Gasteiger partial charge in [0.05, 0.1) is 0 Å². The molecule has 2 saturated heterocycles. The van der Waals surface area contributed by atoms with Gasteiger partial charge in [0.1, 0.15) is 11.1 Å². The van der Waals surface area contributed by atoms with E-state index in [1.807, 2.05) is 0 Å². The summed E-state index contributed by atoms with van der Waals surface area (Å²) >= 11 is 0. The molecule has 0 bridgehead atoms. The zero-order chi connectivity index (χ0) is 13.2. The average molecular weight is 256 g/mol. The van der Waals surface area contributed by atoms with Gasteiger partial charge in [-0.05, 0) is 51.6 Å². The lowest BCUT2D eigenvalue weighted by atomic mass is 9.83. The summed E-state index contributed by atoms with van der Waals surface area (Å²) in [6.07, 6.45) is 3.55. The summed E-state index contributed by atoms with van der Waals surface area (Å²) in [5.41, 5.74) is -1.85. The summed E-state index contributed by atoms with van der Waals surface area (Å²) < 4.78 is 0. The highest BCUT2D eigenvalue weighted by atomic mass is 16.4. The minimum absolute atomic E-state index is 0.363. The number of hydrogen-bond acceptors (Lipinski definition) is 4. The van der Waals surface area contributed by atoms with Crippen LogP contribution in [-0.2, 0) is 9.59 Å². The number of hydrogen-bond donors (Lipinski definition) is 4. The third-order valence-electron chi connectivity index (χ3n) is 4.28. The van der Waals surface area contributed by atoms with Crippen LogP contribution in [0.2, 0.25) is 0 Å². The molecular formula is C12H20N2O4. The predicted molar refractivity (Wildman–Crippen MR) is 64.4 cm³/mol. The maximum Gasteiger partial charge on any atom is 0.323 e. The minimum atomic E-state index is -0.924. The zero-order valence-corrected chi connectivity index (χ0v) is 10.4. The molecule has 2 rings (SSSR count). The van der Waals surface area contributed by atoms with Crippen molar-refractivity contribution in [1.82, 2.24) is 10.6 Å². The smallest absolute Gasteiger partial charge is 0.323 e. The van der Waals surface area contributed by atoms with Crippen LogP contribution >= 0.6 is 0 Å². The lowest BCUT2D eigenvalue weighted by Gasteiger charge is -2.30. The molecule has 0 aromatic rings. The first-order valence-electron chi connectivity index (χ1n) is 6.48. The molecule has 102 valence electrons. The van der Waals surface area contributed by atoms with Gasteiger partial charge < -0.3 is 20.8 Å². The normalized spacial score (nSPS) is 35.8. The Bertz CT molecular complexity index is 310. The van der Waals surface area contributed by atoms with Crippen LogP contribution in [0.4, 0.5) is 0 Å². The van der Waals surface area contributed by atoms with E-state index in [0.29, 0.717) is 38.8 Å². The number of carboxylic acid groups (broad SMARTS) is 2. The molecule has 4 N–H and O–H groups in total. The number of carboxylic acids is 2. The van der Waals surface area contributed by atoms with Crippen LogP contribution < -0.4 is 10.6 Å². The fraction of sp³-hybridized carbons (Fsp3) is 0.833. The molecule has 2 atom stereocenters. The van der Waals surface area contributed by atoms with Crippen molar-refractivity contribution < 1.29 is 19.8 Å². The van der Waals surface area contributed by atoms with Crippen molar-refractivity contribution in [3.63, 3.8) is 0 Å². The molecule has 2 fully saturated rings. The molecule has 18 heavy (non-hydrogen) atoms. The third kappa shape index (κ3) is 2.22. The van der Waals surface area contributed by atoms with Gasteiger partial charge in [-0.15, -0.1) is 0 Å². The van der Waals surface area contributed by atoms with Gasteiger partial charge in [-0.25, -0.2) is 0 Å². The first-order chi connectivity index (χ1) is 8.51. The Morgan fingerprint density at radius 1 is 0.889 bits per heavy atom. The maximum absolute atomic E-state index is 11.4. The Morgan fingerprint density at radius 2 is 1.28 bits per heavy atom. The second-order valence-corrected chi connectivity index (χ2v) is 5.34. The van der Waals surface area contributed by atoms with Gasteiger partial charge in [0.2, 0.25) is 0 Å². The Morgan fingerprint density at radius 3 is 1.50 bits per heavy atom. The number of aliphatic carboxylic acids is 2. The molecule has 6 heteroatoms. The number of carbonyl (C=O) groups is 2. The molecule has 6 nitrogen and oxygen atoms in total. The van der Waals surface area contributed by atoms with E-state index in [1.54, 1.807) is 0 Å². The molecule has 0 aliphatic carbocycles. The van der Waals surface area contributed by atoms with Gasteiger partial charge in [-0.2, -0.15) is 0 Å². The van der Waals surface area contributed by atoms with Gasteiger partial charge in [0.15, 0.2) is 0 Å². The summed E-state index contributed by atoms with van der Waals surface area (Å²) in [5.74, 6) is -1.72. The lowest BCUT2D eigenvalue weighted by molar-refractivity contribution is -0.148. The fourth-order valence-corrected chi connectivity index (χ4v) is 3.04. The van der Waals surface area contributed by atoms with Crippen LogP contribution in [0.5, 0.6) is 0 Å². The maximum atomic E-state index is 11.4. The molecule has 2 heterocycles. The summed E-state index contributed by atoms with van der Waals surface area (Å²) in [7, 11) is 0. The Hall–Kier alpha value is -1.14. The van der Waals surface area contributed by atoms with E-state index in [1.165, 1.54) is 0 Å². The fourth-order valence-electron chi connectivity index (χ4n) is 3.04. The van der Waals surface area contributed by atoms with Crippen LogP contribution in [0.3, 0.4) is 0 Å². The van der Waals surface area contributed by atoms with E-state index < -0.39 is 23.0 Å². The highest BCUT2D eigenvalue weighted by Crippen LogP contribution is 2.32. The van der Waals surface area contributed by atoms with Crippen LogP contribution in [0.15, 0.2) is 0 Å². The van der Waals surface area contributed by atoms with Crippen molar-refractivity contribution in [3.8, 4) is 0 Å². The van der Waals surface area contributed by atoms with Crippen LogP contribution in [-0.4, -0.2) is 46.3 Å². The van der Waals surface area contributed by atoms with Gasteiger partial charge in [0.25, 0.3) is 0 Å². The first kappa shape index (κ1) is 13.3. The van der Waals surface area contributed by atoms with E-state index in [0.717, 1.165) is 12.8 Å².